The lowest BCUT2D eigenvalue weighted by molar-refractivity contribution is 0.0992. The maximum atomic E-state index is 13.3. The second-order valence-electron chi connectivity index (χ2n) is 8.88. The molecule has 194 valence electrons. The summed E-state index contributed by atoms with van der Waals surface area (Å²) in [5.74, 6) is 0.254. The summed E-state index contributed by atoms with van der Waals surface area (Å²) in [6.45, 7) is 1.78. The Balaban J connectivity index is 0.00000380. The highest BCUT2D eigenvalue weighted by molar-refractivity contribution is 6.31. The first-order valence-corrected chi connectivity index (χ1v) is 12.4. The normalized spacial score (nSPS) is 12.6. The molecule has 1 amide bonds. The molecule has 0 atom stereocenters. The van der Waals surface area contributed by atoms with E-state index in [0.717, 1.165) is 31.5 Å². The predicted molar refractivity (Wildman–Crippen MR) is 152 cm³/mol. The van der Waals surface area contributed by atoms with Gasteiger partial charge < -0.3 is 15.1 Å². The molecule has 1 aliphatic rings. The van der Waals surface area contributed by atoms with Gasteiger partial charge in [0.2, 0.25) is 0 Å². The second-order valence-corrected chi connectivity index (χ2v) is 9.75. The molecule has 4 rings (SSSR count). The minimum atomic E-state index is -0.423. The van der Waals surface area contributed by atoms with Crippen LogP contribution in [0, 0.1) is 5.41 Å². The van der Waals surface area contributed by atoms with Crippen molar-refractivity contribution in [1.82, 2.24) is 9.88 Å². The van der Waals surface area contributed by atoms with Gasteiger partial charge in [-0.2, -0.15) is 0 Å². The van der Waals surface area contributed by atoms with E-state index in [1.54, 1.807) is 36.4 Å². The van der Waals surface area contributed by atoms with Crippen LogP contribution >= 0.6 is 23.2 Å². The molecule has 9 heteroatoms. The minimum Gasteiger partial charge on any atom is -0.377 e. The number of carbonyl (C=O) groups excluding carboxylic acids is 2. The molecule has 0 aliphatic carbocycles. The van der Waals surface area contributed by atoms with Crippen LogP contribution in [0.1, 0.15) is 52.1 Å². The van der Waals surface area contributed by atoms with Crippen molar-refractivity contribution in [3.63, 3.8) is 0 Å². The molecule has 0 bridgehead atoms. The van der Waals surface area contributed by atoms with Crippen molar-refractivity contribution in [3.8, 4) is 0 Å². The highest BCUT2D eigenvalue weighted by atomic mass is 35.5. The van der Waals surface area contributed by atoms with Crippen molar-refractivity contribution in [3.05, 3.63) is 87.0 Å². The number of nitrogens with one attached hydrogen (secondary N) is 2. The number of ketones is 1. The van der Waals surface area contributed by atoms with Gasteiger partial charge in [-0.15, -0.1) is 0 Å². The Morgan fingerprint density at radius 2 is 1.65 bits per heavy atom. The van der Waals surface area contributed by atoms with E-state index in [2.05, 4.69) is 10.3 Å². The number of pyridine rings is 1. The maximum absolute atomic E-state index is 13.3. The first-order chi connectivity index (χ1) is 17.2. The molecule has 0 spiro atoms. The Morgan fingerprint density at radius 1 is 1.00 bits per heavy atom. The highest BCUT2D eigenvalue weighted by Gasteiger charge is 2.22. The van der Waals surface area contributed by atoms with Gasteiger partial charge >= 0.3 is 0 Å². The number of rotatable bonds is 7. The highest BCUT2D eigenvalue weighted by Crippen LogP contribution is 2.30. The van der Waals surface area contributed by atoms with Crippen LogP contribution in [-0.4, -0.2) is 54.6 Å². The number of carbonyl (C=O) groups is 2. The van der Waals surface area contributed by atoms with E-state index < -0.39 is 5.91 Å². The van der Waals surface area contributed by atoms with Gasteiger partial charge in [-0.05, 0) is 42.7 Å². The van der Waals surface area contributed by atoms with Crippen LogP contribution in [0.25, 0.3) is 0 Å². The quantitative estimate of drug-likeness (QED) is 0.212. The average molecular weight is 540 g/mol. The molecule has 1 fully saturated rings. The molecule has 7 nitrogen and oxygen atoms in total. The number of amidine groups is 1. The number of nitrogens with zero attached hydrogens (tertiary/aromatic N) is 3. The Labute approximate surface area is 227 Å². The average Bonchev–Trinajstić information content (AvgIpc) is 3.40. The van der Waals surface area contributed by atoms with Crippen LogP contribution in [0.4, 0.5) is 11.5 Å². The van der Waals surface area contributed by atoms with Gasteiger partial charge in [0.25, 0.3) is 5.91 Å². The molecular formula is C28H31Cl2N5O2. The Kier molecular flexibility index (Phi) is 9.29. The van der Waals surface area contributed by atoms with E-state index in [9.17, 15) is 9.59 Å². The van der Waals surface area contributed by atoms with Crippen molar-refractivity contribution >= 4 is 52.2 Å². The first-order valence-electron chi connectivity index (χ1n) is 11.6. The Hall–Kier alpha value is -3.42. The van der Waals surface area contributed by atoms with E-state index in [4.69, 9.17) is 28.6 Å². The molecule has 0 unspecified atom stereocenters. The fourth-order valence-corrected chi connectivity index (χ4v) is 4.57. The third kappa shape index (κ3) is 6.67. The van der Waals surface area contributed by atoms with Crippen molar-refractivity contribution in [1.29, 1.82) is 5.41 Å². The summed E-state index contributed by atoms with van der Waals surface area (Å²) in [6, 6.07) is 13.6. The van der Waals surface area contributed by atoms with Crippen LogP contribution < -0.4 is 10.2 Å². The number of amides is 1. The third-order valence-electron chi connectivity index (χ3n) is 6.13. The number of Topliss-reactive ketones (excluding diaryl/α,β-unsaturated/α-hetero) is 1. The summed E-state index contributed by atoms with van der Waals surface area (Å²) in [5, 5.41) is 12.0. The van der Waals surface area contributed by atoms with Gasteiger partial charge in [0.15, 0.2) is 5.78 Å². The lowest BCUT2D eigenvalue weighted by atomic mass is 9.95. The summed E-state index contributed by atoms with van der Waals surface area (Å²) in [5.41, 5.74) is 2.83. The van der Waals surface area contributed by atoms with Crippen molar-refractivity contribution in [2.75, 3.05) is 37.4 Å². The van der Waals surface area contributed by atoms with Gasteiger partial charge in [-0.1, -0.05) is 54.9 Å². The lowest BCUT2D eigenvalue weighted by Crippen LogP contribution is -2.27. The van der Waals surface area contributed by atoms with Gasteiger partial charge in [-0.25, -0.2) is 4.98 Å². The molecule has 0 saturated carbocycles. The van der Waals surface area contributed by atoms with Gasteiger partial charge in [0.05, 0.1) is 5.02 Å². The minimum absolute atomic E-state index is 0. The van der Waals surface area contributed by atoms with E-state index >= 15 is 0 Å². The molecule has 0 radical (unpaired) electrons. The number of halogens is 2. The monoisotopic (exact) mass is 539 g/mol. The SMILES string of the molecule is C.CN(C)c1cc(Cl)cc(C(=O)Nc2ccc(Cl)cn2)c1CC(=O)c1ccc(C(=N)N2CCCC2)cc1. The molecule has 3 aromatic rings. The Morgan fingerprint density at radius 3 is 2.24 bits per heavy atom. The van der Waals surface area contributed by atoms with E-state index in [1.165, 1.54) is 6.20 Å². The van der Waals surface area contributed by atoms with Crippen LogP contribution in [0.2, 0.25) is 10.0 Å². The number of likely N-dealkylation sites (tertiary alicyclic amines) is 1. The van der Waals surface area contributed by atoms with Crippen LogP contribution in [0.5, 0.6) is 0 Å². The Bertz CT molecular complexity index is 1290. The van der Waals surface area contributed by atoms with Gasteiger partial charge in [0.1, 0.15) is 11.7 Å². The third-order valence-corrected chi connectivity index (χ3v) is 6.57. The largest absolute Gasteiger partial charge is 0.377 e. The van der Waals surface area contributed by atoms with E-state index in [-0.39, 0.29) is 19.6 Å². The van der Waals surface area contributed by atoms with E-state index in [1.807, 2.05) is 36.0 Å². The fourth-order valence-electron chi connectivity index (χ4n) is 4.24. The smallest absolute Gasteiger partial charge is 0.257 e. The summed E-state index contributed by atoms with van der Waals surface area (Å²) >= 11 is 12.2. The molecule has 2 heterocycles. The second kappa shape index (κ2) is 12.2. The zero-order chi connectivity index (χ0) is 25.8. The van der Waals surface area contributed by atoms with Crippen molar-refractivity contribution in [2.45, 2.75) is 26.7 Å². The standard InChI is InChI=1S/C27H27Cl2N5O2.CH4/c1-33(2)23-14-20(29)13-22(27(36)32-25-10-9-19(28)16-31-25)21(23)15-24(35)17-5-7-18(8-6-17)26(30)34-11-3-4-12-34;/h5-10,13-14,16,30H,3-4,11-12,15H2,1-2H3,(H,31,32,36);1H4. The molecule has 2 N–H and O–H groups in total. The lowest BCUT2D eigenvalue weighted by Gasteiger charge is -2.21. The number of aromatic nitrogens is 1. The molecule has 37 heavy (non-hydrogen) atoms. The summed E-state index contributed by atoms with van der Waals surface area (Å²) in [6.07, 6.45) is 3.64. The summed E-state index contributed by atoms with van der Waals surface area (Å²) in [7, 11) is 3.67. The predicted octanol–water partition coefficient (Wildman–Crippen LogP) is 6.19. The van der Waals surface area contributed by atoms with Crippen molar-refractivity contribution < 1.29 is 9.59 Å². The maximum Gasteiger partial charge on any atom is 0.257 e. The van der Waals surface area contributed by atoms with E-state index in [0.29, 0.717) is 44.1 Å². The topological polar surface area (TPSA) is 89.4 Å². The molecular weight excluding hydrogens is 509 g/mol. The van der Waals surface area contributed by atoms with Crippen LogP contribution in [0.3, 0.4) is 0 Å². The molecule has 1 aromatic heterocycles. The first kappa shape index (κ1) is 28.2. The summed E-state index contributed by atoms with van der Waals surface area (Å²) < 4.78 is 0. The number of benzene rings is 2. The van der Waals surface area contributed by atoms with Crippen LogP contribution in [0.15, 0.2) is 54.7 Å². The molecule has 1 saturated heterocycles. The number of hydrogen-bond donors (Lipinski definition) is 2. The van der Waals surface area contributed by atoms with Gasteiger partial charge in [-0.3, -0.25) is 15.0 Å². The van der Waals surface area contributed by atoms with Crippen LogP contribution in [-0.2, 0) is 6.42 Å². The fraction of sp³-hybridized carbons (Fsp3) is 0.286. The summed E-state index contributed by atoms with van der Waals surface area (Å²) in [4.78, 5) is 34.5. The van der Waals surface area contributed by atoms with Crippen molar-refractivity contribution in [2.24, 2.45) is 0 Å². The number of hydrogen-bond acceptors (Lipinski definition) is 5. The zero-order valence-corrected chi connectivity index (χ0v) is 21.7. The van der Waals surface area contributed by atoms with Gasteiger partial charge in [0, 0.05) is 67.2 Å². The molecule has 1 aliphatic heterocycles. The number of anilines is 2. The molecule has 2 aromatic carbocycles. The zero-order valence-electron chi connectivity index (χ0n) is 20.1.